The molecule has 0 spiro atoms. The number of anilines is 1. The Balaban J connectivity index is 2.35. The van der Waals surface area contributed by atoms with Gasteiger partial charge < -0.3 is 10.5 Å². The highest BCUT2D eigenvalue weighted by Crippen LogP contribution is 2.27. The van der Waals surface area contributed by atoms with E-state index in [1.807, 2.05) is 24.4 Å². The highest BCUT2D eigenvalue weighted by molar-refractivity contribution is 7.89. The van der Waals surface area contributed by atoms with Crippen molar-refractivity contribution in [3.05, 3.63) is 40.6 Å². The molecule has 0 aliphatic heterocycles. The smallest absolute Gasteiger partial charge is 0.243 e. The van der Waals surface area contributed by atoms with Crippen LogP contribution in [0.5, 0.6) is 5.75 Å². The number of nitrogens with zero attached hydrogens (tertiary/aromatic N) is 1. The van der Waals surface area contributed by atoms with Crippen LogP contribution in [-0.2, 0) is 16.6 Å². The van der Waals surface area contributed by atoms with Crippen molar-refractivity contribution in [3.63, 3.8) is 0 Å². The monoisotopic (exact) mass is 326 g/mol. The Morgan fingerprint density at radius 3 is 2.67 bits per heavy atom. The van der Waals surface area contributed by atoms with E-state index in [0.717, 1.165) is 4.88 Å². The van der Waals surface area contributed by atoms with E-state index in [2.05, 4.69) is 0 Å². The number of thiophene rings is 1. The van der Waals surface area contributed by atoms with Gasteiger partial charge in [-0.15, -0.1) is 11.3 Å². The van der Waals surface area contributed by atoms with Crippen LogP contribution < -0.4 is 10.5 Å². The molecule has 2 rings (SSSR count). The van der Waals surface area contributed by atoms with Crippen molar-refractivity contribution in [2.75, 3.05) is 19.4 Å². The summed E-state index contributed by atoms with van der Waals surface area (Å²) in [6, 6.07) is 8.34. The lowest BCUT2D eigenvalue weighted by atomic mass is 10.3. The summed E-state index contributed by atoms with van der Waals surface area (Å²) in [6.45, 7) is 2.58. The number of ether oxygens (including phenoxy) is 1. The van der Waals surface area contributed by atoms with Gasteiger partial charge in [-0.05, 0) is 23.6 Å². The van der Waals surface area contributed by atoms with Crippen LogP contribution in [0, 0.1) is 0 Å². The summed E-state index contributed by atoms with van der Waals surface area (Å²) < 4.78 is 31.9. The Morgan fingerprint density at radius 1 is 1.33 bits per heavy atom. The molecule has 21 heavy (non-hydrogen) atoms. The van der Waals surface area contributed by atoms with Gasteiger partial charge in [-0.2, -0.15) is 4.31 Å². The second-order valence-corrected chi connectivity index (χ2v) is 7.38. The van der Waals surface area contributed by atoms with Gasteiger partial charge in [0.05, 0.1) is 17.7 Å². The SMILES string of the molecule is CCN(Cc1cccs1)S(=O)(=O)c1ccc(N)c(OC)c1. The zero-order chi connectivity index (χ0) is 15.5. The molecule has 0 atom stereocenters. The van der Waals surface area contributed by atoms with Crippen molar-refractivity contribution in [2.45, 2.75) is 18.4 Å². The molecule has 2 N–H and O–H groups in total. The molecular weight excluding hydrogens is 308 g/mol. The number of hydrogen-bond acceptors (Lipinski definition) is 5. The van der Waals surface area contributed by atoms with Gasteiger partial charge in [0.25, 0.3) is 0 Å². The number of sulfonamides is 1. The number of benzene rings is 1. The molecular formula is C14H18N2O3S2. The van der Waals surface area contributed by atoms with E-state index in [4.69, 9.17) is 10.5 Å². The molecule has 7 heteroatoms. The van der Waals surface area contributed by atoms with Gasteiger partial charge in [-0.1, -0.05) is 13.0 Å². The maximum Gasteiger partial charge on any atom is 0.243 e. The molecule has 0 fully saturated rings. The fourth-order valence-electron chi connectivity index (χ4n) is 1.94. The van der Waals surface area contributed by atoms with Crippen LogP contribution in [0.3, 0.4) is 0 Å². The normalized spacial score (nSPS) is 11.8. The lowest BCUT2D eigenvalue weighted by molar-refractivity contribution is 0.412. The average Bonchev–Trinajstić information content (AvgIpc) is 2.97. The summed E-state index contributed by atoms with van der Waals surface area (Å²) in [4.78, 5) is 1.19. The first kappa shape index (κ1) is 15.8. The largest absolute Gasteiger partial charge is 0.495 e. The van der Waals surface area contributed by atoms with Crippen molar-refractivity contribution < 1.29 is 13.2 Å². The minimum Gasteiger partial charge on any atom is -0.495 e. The van der Waals surface area contributed by atoms with E-state index in [1.54, 1.807) is 6.07 Å². The molecule has 0 amide bonds. The van der Waals surface area contributed by atoms with Gasteiger partial charge in [0.2, 0.25) is 10.0 Å². The molecule has 0 radical (unpaired) electrons. The first-order valence-electron chi connectivity index (χ1n) is 6.45. The third-order valence-electron chi connectivity index (χ3n) is 3.11. The van der Waals surface area contributed by atoms with Crippen LogP contribution in [0.2, 0.25) is 0 Å². The summed E-state index contributed by atoms with van der Waals surface area (Å²) in [6.07, 6.45) is 0. The van der Waals surface area contributed by atoms with E-state index >= 15 is 0 Å². The predicted molar refractivity (Wildman–Crippen MR) is 85.0 cm³/mol. The van der Waals surface area contributed by atoms with Crippen molar-refractivity contribution >= 4 is 27.0 Å². The van der Waals surface area contributed by atoms with Crippen LogP contribution in [0.15, 0.2) is 40.6 Å². The van der Waals surface area contributed by atoms with Crippen molar-refractivity contribution in [3.8, 4) is 5.75 Å². The quantitative estimate of drug-likeness (QED) is 0.828. The maximum absolute atomic E-state index is 12.7. The van der Waals surface area contributed by atoms with Crippen molar-refractivity contribution in [1.29, 1.82) is 0 Å². The maximum atomic E-state index is 12.7. The third kappa shape index (κ3) is 3.37. The fourth-order valence-corrected chi connectivity index (χ4v) is 4.19. The molecule has 1 aromatic heterocycles. The first-order valence-corrected chi connectivity index (χ1v) is 8.77. The molecule has 1 aromatic carbocycles. The van der Waals surface area contributed by atoms with Crippen LogP contribution >= 0.6 is 11.3 Å². The number of methoxy groups -OCH3 is 1. The van der Waals surface area contributed by atoms with Crippen LogP contribution in [0.4, 0.5) is 5.69 Å². The molecule has 0 saturated heterocycles. The summed E-state index contributed by atoms with van der Waals surface area (Å²) in [5.74, 6) is 0.364. The average molecular weight is 326 g/mol. The Hall–Kier alpha value is -1.57. The third-order valence-corrected chi connectivity index (χ3v) is 5.89. The molecule has 114 valence electrons. The Bertz CT molecular complexity index is 697. The van der Waals surface area contributed by atoms with Gasteiger partial charge in [0, 0.05) is 24.0 Å². The number of nitrogen functional groups attached to an aromatic ring is 1. The molecule has 2 aromatic rings. The summed E-state index contributed by atoms with van der Waals surface area (Å²) in [5.41, 5.74) is 6.14. The molecule has 5 nitrogen and oxygen atoms in total. The second kappa shape index (κ2) is 6.46. The summed E-state index contributed by atoms with van der Waals surface area (Å²) in [5, 5.41) is 1.93. The molecule has 0 bridgehead atoms. The Labute approximate surface area is 129 Å². The number of hydrogen-bond donors (Lipinski definition) is 1. The highest BCUT2D eigenvalue weighted by Gasteiger charge is 2.24. The fraction of sp³-hybridized carbons (Fsp3) is 0.286. The molecule has 0 aliphatic rings. The summed E-state index contributed by atoms with van der Waals surface area (Å²) in [7, 11) is -2.11. The van der Waals surface area contributed by atoms with E-state index in [-0.39, 0.29) is 4.90 Å². The number of rotatable bonds is 6. The van der Waals surface area contributed by atoms with Crippen molar-refractivity contribution in [1.82, 2.24) is 4.31 Å². The Morgan fingerprint density at radius 2 is 2.10 bits per heavy atom. The van der Waals surface area contributed by atoms with Crippen LogP contribution in [0.1, 0.15) is 11.8 Å². The zero-order valence-corrected chi connectivity index (χ0v) is 13.6. The number of nitrogens with two attached hydrogens (primary N) is 1. The first-order chi connectivity index (χ1) is 9.98. The lowest BCUT2D eigenvalue weighted by Gasteiger charge is -2.20. The predicted octanol–water partition coefficient (Wildman–Crippen LogP) is 2.55. The van der Waals surface area contributed by atoms with Gasteiger partial charge >= 0.3 is 0 Å². The van der Waals surface area contributed by atoms with Crippen molar-refractivity contribution in [2.24, 2.45) is 0 Å². The second-order valence-electron chi connectivity index (χ2n) is 4.41. The van der Waals surface area contributed by atoms with E-state index in [0.29, 0.717) is 24.5 Å². The van der Waals surface area contributed by atoms with E-state index in [1.165, 1.54) is 34.9 Å². The minimum atomic E-state index is -3.57. The molecule has 1 heterocycles. The van der Waals surface area contributed by atoms with Gasteiger partial charge in [-0.25, -0.2) is 8.42 Å². The van der Waals surface area contributed by atoms with Crippen LogP contribution in [-0.4, -0.2) is 26.4 Å². The topological polar surface area (TPSA) is 72.6 Å². The van der Waals surface area contributed by atoms with Gasteiger partial charge in [0.1, 0.15) is 5.75 Å². The van der Waals surface area contributed by atoms with E-state index in [9.17, 15) is 8.42 Å². The Kier molecular flexibility index (Phi) is 4.87. The molecule has 0 unspecified atom stereocenters. The van der Waals surface area contributed by atoms with Crippen LogP contribution in [0.25, 0.3) is 0 Å². The standard InChI is InChI=1S/C14H18N2O3S2/c1-3-16(10-11-5-4-8-20-11)21(17,18)12-6-7-13(15)14(9-12)19-2/h4-9H,3,10,15H2,1-2H3. The zero-order valence-electron chi connectivity index (χ0n) is 11.9. The minimum absolute atomic E-state index is 0.187. The lowest BCUT2D eigenvalue weighted by Crippen LogP contribution is -2.30. The van der Waals surface area contributed by atoms with E-state index < -0.39 is 10.0 Å². The van der Waals surface area contributed by atoms with Gasteiger partial charge in [-0.3, -0.25) is 0 Å². The molecule has 0 saturated carbocycles. The highest BCUT2D eigenvalue weighted by atomic mass is 32.2. The van der Waals surface area contributed by atoms with Gasteiger partial charge in [0.15, 0.2) is 0 Å². The molecule has 0 aliphatic carbocycles. The summed E-state index contributed by atoms with van der Waals surface area (Å²) >= 11 is 1.54.